The molecule has 0 radical (unpaired) electrons. The van der Waals surface area contributed by atoms with Crippen LogP contribution in [-0.2, 0) is 6.54 Å². The van der Waals surface area contributed by atoms with Crippen molar-refractivity contribution in [1.29, 1.82) is 0 Å². The quantitative estimate of drug-likeness (QED) is 0.921. The van der Waals surface area contributed by atoms with Gasteiger partial charge in [-0.3, -0.25) is 4.68 Å². The zero-order valence-electron chi connectivity index (χ0n) is 10.4. The van der Waals surface area contributed by atoms with Crippen LogP contribution in [0.2, 0.25) is 0 Å². The maximum Gasteiger partial charge on any atom is 0.159 e. The minimum Gasteiger partial charge on any atom is -0.316 e. The first kappa shape index (κ1) is 12.3. The third kappa shape index (κ3) is 2.66. The summed E-state index contributed by atoms with van der Waals surface area (Å²) in [5.41, 5.74) is 1.46. The Morgan fingerprint density at radius 3 is 2.89 bits per heavy atom. The van der Waals surface area contributed by atoms with Gasteiger partial charge in [0, 0.05) is 18.3 Å². The van der Waals surface area contributed by atoms with E-state index in [1.54, 1.807) is 12.3 Å². The second-order valence-electron chi connectivity index (χ2n) is 4.94. The molecule has 2 heterocycles. The van der Waals surface area contributed by atoms with Crippen molar-refractivity contribution >= 4 is 0 Å². The van der Waals surface area contributed by atoms with E-state index in [9.17, 15) is 8.78 Å². The summed E-state index contributed by atoms with van der Waals surface area (Å²) >= 11 is 0. The van der Waals surface area contributed by atoms with Gasteiger partial charge in [0.1, 0.15) is 0 Å². The summed E-state index contributed by atoms with van der Waals surface area (Å²) in [4.78, 5) is 0. The van der Waals surface area contributed by atoms with Gasteiger partial charge in [0.15, 0.2) is 11.6 Å². The number of hydrogen-bond donors (Lipinski definition) is 1. The molecule has 0 saturated carbocycles. The van der Waals surface area contributed by atoms with Gasteiger partial charge in [0.25, 0.3) is 0 Å². The Balaban J connectivity index is 1.78. The van der Waals surface area contributed by atoms with Gasteiger partial charge >= 0.3 is 0 Å². The molecule has 0 bridgehead atoms. The Kier molecular flexibility index (Phi) is 3.29. The third-order valence-electron chi connectivity index (χ3n) is 3.49. The fraction of sp³-hybridized carbons (Fsp3) is 0.357. The molecule has 1 atom stereocenters. The lowest BCUT2D eigenvalue weighted by atomic mass is 10.1. The summed E-state index contributed by atoms with van der Waals surface area (Å²) < 4.78 is 27.9. The normalized spacial score (nSPS) is 18.9. The van der Waals surface area contributed by atoms with Gasteiger partial charge < -0.3 is 5.32 Å². The molecule has 5 heteroatoms. The molecule has 1 aliphatic rings. The minimum absolute atomic E-state index is 0.595. The van der Waals surface area contributed by atoms with Crippen LogP contribution in [0.15, 0.2) is 30.6 Å². The van der Waals surface area contributed by atoms with Crippen LogP contribution in [0.5, 0.6) is 0 Å². The lowest BCUT2D eigenvalue weighted by Gasteiger charge is -2.07. The molecule has 0 spiro atoms. The fourth-order valence-corrected chi connectivity index (χ4v) is 2.42. The molecule has 19 heavy (non-hydrogen) atoms. The summed E-state index contributed by atoms with van der Waals surface area (Å²) in [6.07, 6.45) is 4.72. The van der Waals surface area contributed by atoms with E-state index in [4.69, 9.17) is 0 Å². The predicted molar refractivity (Wildman–Crippen MR) is 68.6 cm³/mol. The van der Waals surface area contributed by atoms with Crippen LogP contribution in [0.1, 0.15) is 6.42 Å². The molecule has 100 valence electrons. The van der Waals surface area contributed by atoms with Crippen molar-refractivity contribution in [3.8, 4) is 11.1 Å². The molecule has 1 unspecified atom stereocenters. The topological polar surface area (TPSA) is 29.9 Å². The van der Waals surface area contributed by atoms with Crippen LogP contribution < -0.4 is 5.32 Å². The second kappa shape index (κ2) is 5.09. The summed E-state index contributed by atoms with van der Waals surface area (Å²) in [7, 11) is 0. The van der Waals surface area contributed by atoms with Crippen LogP contribution >= 0.6 is 0 Å². The van der Waals surface area contributed by atoms with Gasteiger partial charge in [-0.25, -0.2) is 8.78 Å². The number of halogens is 2. The van der Waals surface area contributed by atoms with Crippen molar-refractivity contribution < 1.29 is 8.78 Å². The molecule has 1 N–H and O–H groups in total. The SMILES string of the molecule is Fc1ccc(-c2cnn(CC3CCNC3)c2)cc1F. The van der Waals surface area contributed by atoms with Crippen LogP contribution in [0.3, 0.4) is 0 Å². The highest BCUT2D eigenvalue weighted by Gasteiger charge is 2.15. The number of nitrogens with one attached hydrogen (secondary N) is 1. The highest BCUT2D eigenvalue weighted by atomic mass is 19.2. The predicted octanol–water partition coefficient (Wildman–Crippen LogP) is 2.44. The van der Waals surface area contributed by atoms with E-state index in [0.717, 1.165) is 37.7 Å². The maximum atomic E-state index is 13.2. The van der Waals surface area contributed by atoms with Gasteiger partial charge in [-0.2, -0.15) is 5.10 Å². The zero-order chi connectivity index (χ0) is 13.2. The minimum atomic E-state index is -0.828. The van der Waals surface area contributed by atoms with E-state index >= 15 is 0 Å². The standard InChI is InChI=1S/C14H15F2N3/c15-13-2-1-11(5-14(13)16)12-7-18-19(9-12)8-10-3-4-17-6-10/h1-2,5,7,9-10,17H,3-4,6,8H2. The maximum absolute atomic E-state index is 13.2. The number of rotatable bonds is 3. The first-order chi connectivity index (χ1) is 9.22. The van der Waals surface area contributed by atoms with E-state index < -0.39 is 11.6 Å². The Bertz CT molecular complexity index is 574. The van der Waals surface area contributed by atoms with Crippen molar-refractivity contribution in [2.75, 3.05) is 13.1 Å². The third-order valence-corrected chi connectivity index (χ3v) is 3.49. The monoisotopic (exact) mass is 263 g/mol. The molecular formula is C14H15F2N3. The van der Waals surface area contributed by atoms with Gasteiger partial charge in [-0.1, -0.05) is 6.07 Å². The fourth-order valence-electron chi connectivity index (χ4n) is 2.42. The summed E-state index contributed by atoms with van der Waals surface area (Å²) in [5.74, 6) is -1.06. The number of nitrogens with zero attached hydrogens (tertiary/aromatic N) is 2. The smallest absolute Gasteiger partial charge is 0.159 e. The molecule has 1 saturated heterocycles. The van der Waals surface area contributed by atoms with Gasteiger partial charge in [0.05, 0.1) is 6.20 Å². The largest absolute Gasteiger partial charge is 0.316 e. The molecule has 0 amide bonds. The Hall–Kier alpha value is -1.75. The Morgan fingerprint density at radius 2 is 2.16 bits per heavy atom. The average Bonchev–Trinajstić information content (AvgIpc) is 3.05. The molecule has 0 aliphatic carbocycles. The van der Waals surface area contributed by atoms with Gasteiger partial charge in [-0.05, 0) is 43.1 Å². The molecule has 2 aromatic rings. The van der Waals surface area contributed by atoms with Gasteiger partial charge in [-0.15, -0.1) is 0 Å². The summed E-state index contributed by atoms with van der Waals surface area (Å²) in [5, 5.41) is 7.59. The first-order valence-electron chi connectivity index (χ1n) is 6.41. The number of benzene rings is 1. The van der Waals surface area contributed by atoms with E-state index in [-0.39, 0.29) is 0 Å². The molecule has 1 aromatic carbocycles. The zero-order valence-corrected chi connectivity index (χ0v) is 10.4. The number of aromatic nitrogens is 2. The second-order valence-corrected chi connectivity index (χ2v) is 4.94. The lowest BCUT2D eigenvalue weighted by molar-refractivity contribution is 0.449. The first-order valence-corrected chi connectivity index (χ1v) is 6.41. The number of hydrogen-bond acceptors (Lipinski definition) is 2. The van der Waals surface area contributed by atoms with E-state index in [0.29, 0.717) is 11.5 Å². The lowest BCUT2D eigenvalue weighted by Crippen LogP contribution is -2.14. The molecule has 3 rings (SSSR count). The van der Waals surface area contributed by atoms with Crippen LogP contribution in [0.25, 0.3) is 11.1 Å². The van der Waals surface area contributed by atoms with Crippen molar-refractivity contribution in [3.63, 3.8) is 0 Å². The van der Waals surface area contributed by atoms with Crippen molar-refractivity contribution in [1.82, 2.24) is 15.1 Å². The van der Waals surface area contributed by atoms with Crippen molar-refractivity contribution in [3.05, 3.63) is 42.2 Å². The molecular weight excluding hydrogens is 248 g/mol. The highest BCUT2D eigenvalue weighted by molar-refractivity contribution is 5.61. The molecule has 1 fully saturated rings. The van der Waals surface area contributed by atoms with Crippen molar-refractivity contribution in [2.45, 2.75) is 13.0 Å². The van der Waals surface area contributed by atoms with Crippen LogP contribution in [-0.4, -0.2) is 22.9 Å². The molecule has 1 aliphatic heterocycles. The van der Waals surface area contributed by atoms with Crippen LogP contribution in [0, 0.1) is 17.6 Å². The summed E-state index contributed by atoms with van der Waals surface area (Å²) in [6.45, 7) is 2.93. The van der Waals surface area contributed by atoms with E-state index in [2.05, 4.69) is 10.4 Å². The van der Waals surface area contributed by atoms with Gasteiger partial charge in [0.2, 0.25) is 0 Å². The Morgan fingerprint density at radius 1 is 1.26 bits per heavy atom. The van der Waals surface area contributed by atoms with Crippen LogP contribution in [0.4, 0.5) is 8.78 Å². The van der Waals surface area contributed by atoms with E-state index in [1.807, 2.05) is 10.9 Å². The highest BCUT2D eigenvalue weighted by Crippen LogP contribution is 2.21. The Labute approximate surface area is 110 Å². The van der Waals surface area contributed by atoms with E-state index in [1.165, 1.54) is 6.07 Å². The summed E-state index contributed by atoms with van der Waals surface area (Å²) in [6, 6.07) is 3.91. The molecule has 1 aromatic heterocycles. The van der Waals surface area contributed by atoms with Crippen molar-refractivity contribution in [2.24, 2.45) is 5.92 Å². The molecule has 3 nitrogen and oxygen atoms in total. The average molecular weight is 263 g/mol.